The van der Waals surface area contributed by atoms with Crippen LogP contribution in [0.4, 0.5) is 0 Å². The van der Waals surface area contributed by atoms with Crippen molar-refractivity contribution in [1.82, 2.24) is 0 Å². The first-order valence-electron chi connectivity index (χ1n) is 38.0. The number of Topliss-reactive ketones (excluding diaryl/α,β-unsaturated/α-hetero) is 2. The lowest BCUT2D eigenvalue weighted by Crippen LogP contribution is -2.29. The molecule has 0 fully saturated rings. The first-order chi connectivity index (χ1) is 55.2. The third-order valence-corrected chi connectivity index (χ3v) is 23.7. The van der Waals surface area contributed by atoms with E-state index in [2.05, 4.69) is 174 Å². The molecule has 14 rings (SSSR count). The predicted octanol–water partition coefficient (Wildman–Crippen LogP) is 26.5. The van der Waals surface area contributed by atoms with E-state index < -0.39 is 28.7 Å². The zero-order valence-corrected chi connectivity index (χ0v) is 76.0. The Labute approximate surface area is 730 Å². The molecule has 0 spiro atoms. The summed E-state index contributed by atoms with van der Waals surface area (Å²) in [7, 11) is 0. The van der Waals surface area contributed by atoms with Crippen LogP contribution in [0.1, 0.15) is 218 Å². The summed E-state index contributed by atoms with van der Waals surface area (Å²) in [6.45, 7) is 15.9. The van der Waals surface area contributed by atoms with E-state index in [4.69, 9.17) is 18.9 Å². The Kier molecular flexibility index (Phi) is 31.3. The molecule has 13 nitrogen and oxygen atoms in total. The van der Waals surface area contributed by atoms with Gasteiger partial charge in [-0.2, -0.15) is 0 Å². The number of hydrogen-bond acceptors (Lipinski definition) is 13. The van der Waals surface area contributed by atoms with Crippen LogP contribution in [0, 0.1) is 6.92 Å². The summed E-state index contributed by atoms with van der Waals surface area (Å²) in [4.78, 5) is 74.7. The van der Waals surface area contributed by atoms with Gasteiger partial charge < -0.3 is 34.3 Å². The molecule has 3 aliphatic rings. The number of aryl methyl sites for hydroxylation is 1. The molecule has 0 atom stereocenters. The number of esters is 3. The maximum Gasteiger partial charge on any atom is 0.341 e. The highest BCUT2D eigenvalue weighted by atomic mass is 79.9. The number of halogens is 7. The second-order valence-corrected chi connectivity index (χ2v) is 33.9. The van der Waals surface area contributed by atoms with E-state index in [1.54, 1.807) is 57.2 Å². The lowest BCUT2D eigenvalue weighted by atomic mass is 9.67. The van der Waals surface area contributed by atoms with E-state index in [0.717, 1.165) is 142 Å². The summed E-state index contributed by atoms with van der Waals surface area (Å²) in [5.74, 6) is -1.51. The average molecular weight is 2000 g/mol. The number of ketones is 3. The number of para-hydroxylation sites is 1. The highest BCUT2D eigenvalue weighted by molar-refractivity contribution is 9.11. The smallest absolute Gasteiger partial charge is 0.341 e. The van der Waals surface area contributed by atoms with Gasteiger partial charge in [0, 0.05) is 48.9 Å². The molecule has 20 heteroatoms. The van der Waals surface area contributed by atoms with Crippen LogP contribution in [-0.4, -0.2) is 82.3 Å². The van der Waals surface area contributed by atoms with Crippen molar-refractivity contribution in [2.45, 2.75) is 118 Å². The van der Waals surface area contributed by atoms with Crippen LogP contribution in [0.2, 0.25) is 0 Å². The molecule has 0 amide bonds. The van der Waals surface area contributed by atoms with Crippen molar-refractivity contribution in [2.75, 3.05) is 31.8 Å². The number of phenols is 3. The van der Waals surface area contributed by atoms with Gasteiger partial charge in [-0.1, -0.05) is 243 Å². The van der Waals surface area contributed by atoms with E-state index in [1.165, 1.54) is 62.2 Å². The Hall–Kier alpha value is -8.60. The number of ether oxygens (including phenoxy) is 4. The normalized spacial score (nSPS) is 12.3. The van der Waals surface area contributed by atoms with Crippen LogP contribution in [0.15, 0.2) is 233 Å². The fourth-order valence-corrected chi connectivity index (χ4v) is 17.5. The largest absolute Gasteiger partial charge is 0.507 e. The Morgan fingerprint density at radius 3 is 1.11 bits per heavy atom. The highest BCUT2D eigenvalue weighted by Crippen LogP contribution is 2.60. The Morgan fingerprint density at radius 2 is 0.696 bits per heavy atom. The number of benzene rings is 11. The minimum absolute atomic E-state index is 0.00969. The lowest BCUT2D eigenvalue weighted by Gasteiger charge is -2.35. The molecule has 0 heterocycles. The number of fused-ring (bicyclic) bond motifs is 9. The molecule has 3 aliphatic carbocycles. The van der Waals surface area contributed by atoms with Crippen molar-refractivity contribution in [2.24, 2.45) is 0 Å². The average Bonchev–Trinajstić information content (AvgIpc) is 1.55. The Morgan fingerprint density at radius 1 is 0.348 bits per heavy atom. The summed E-state index contributed by atoms with van der Waals surface area (Å²) in [6, 6.07) is 64.6. The van der Waals surface area contributed by atoms with Gasteiger partial charge in [-0.15, -0.1) is 0 Å². The molecule has 0 saturated carbocycles. The Bertz CT molecular complexity index is 5320. The van der Waals surface area contributed by atoms with E-state index in [1.807, 2.05) is 111 Å². The Balaban J connectivity index is 0.000000173. The molecule has 11 aromatic rings. The van der Waals surface area contributed by atoms with Crippen LogP contribution in [0.25, 0.3) is 33.4 Å². The van der Waals surface area contributed by atoms with E-state index in [-0.39, 0.29) is 64.5 Å². The minimum Gasteiger partial charge on any atom is -0.507 e. The van der Waals surface area contributed by atoms with Crippen LogP contribution in [0.3, 0.4) is 0 Å². The van der Waals surface area contributed by atoms with E-state index in [9.17, 15) is 44.1 Å². The van der Waals surface area contributed by atoms with Gasteiger partial charge >= 0.3 is 17.9 Å². The van der Waals surface area contributed by atoms with Gasteiger partial charge in [0.1, 0.15) is 39.7 Å². The number of alkyl halides is 1. The molecular weight excluding hydrogens is 1910 g/mol. The van der Waals surface area contributed by atoms with Gasteiger partial charge in [-0.05, 0) is 265 Å². The number of unbranched alkanes of at least 4 members (excludes halogenated alkanes) is 6. The monoisotopic (exact) mass is 1990 g/mol. The van der Waals surface area contributed by atoms with Gasteiger partial charge in [0.15, 0.2) is 17.3 Å². The van der Waals surface area contributed by atoms with Gasteiger partial charge in [0.25, 0.3) is 0 Å². The quantitative estimate of drug-likeness (QED) is 0.0190. The van der Waals surface area contributed by atoms with Gasteiger partial charge in [0.05, 0.1) is 42.8 Å². The topological polar surface area (TPSA) is 200 Å². The number of carbonyl (C=O) groups excluding carboxylic acids is 6. The standard InChI is InChI=1S/C37H36Br2O4.C30H22Br2O5.C13H6Br2O.C9H10O3.C6H13Br/c1-5-7-8-9-18-43-35-17-12-26(20-32(35)36(41)42-6-2)37(25-11-10-23(3)31(19-25)24(4)40)33-21-27(38)13-15-29(33)30-16-14-28(39)22-34(30)37;1-3-37-29(36)24-13-18(5-11-28(24)35)30(17-4-10-27(34)23(12-17)16(2)33)25-14-19(31)6-8-21(25)22-9-7-20(32)15-26(22)30;14-7-1-3-9-10-4-2-8(15)6-12(10)13(16)11(9)5-7;1-2-12-9(11)7-5-3-4-6-8(7)10;1-2-3-4-5-6-7/h10-17,19-22H,5-9,18H2,1-4H3;4-15,34-35H,3H2,1-2H3;1-6H;3-6,10H,2H2,1H3;2-6H2,1H3. The van der Waals surface area contributed by atoms with Crippen molar-refractivity contribution < 1.29 is 63.0 Å². The summed E-state index contributed by atoms with van der Waals surface area (Å²) in [5, 5.41) is 31.4. The molecule has 0 radical (unpaired) electrons. The number of rotatable bonds is 22. The number of carbonyl (C=O) groups is 6. The molecule has 115 heavy (non-hydrogen) atoms. The van der Waals surface area contributed by atoms with E-state index in [0.29, 0.717) is 35.7 Å². The molecular formula is C95H87Br7O13. The zero-order valence-electron chi connectivity index (χ0n) is 64.9. The number of aromatic hydroxyl groups is 3. The fourth-order valence-electron chi connectivity index (χ4n) is 14.9. The minimum atomic E-state index is -0.981. The molecule has 0 aromatic heterocycles. The zero-order chi connectivity index (χ0) is 83.0. The van der Waals surface area contributed by atoms with Crippen molar-refractivity contribution in [3.8, 4) is 56.4 Å². The molecule has 0 bridgehead atoms. The van der Waals surface area contributed by atoms with Gasteiger partial charge in [-0.3, -0.25) is 14.4 Å². The summed E-state index contributed by atoms with van der Waals surface area (Å²) in [6.07, 6.45) is 9.76. The number of phenolic OH excluding ortho intramolecular Hbond substituents is 3. The second kappa shape index (κ2) is 40.5. The van der Waals surface area contributed by atoms with Crippen LogP contribution < -0.4 is 4.74 Å². The summed E-state index contributed by atoms with van der Waals surface area (Å²) < 4.78 is 27.1. The lowest BCUT2D eigenvalue weighted by molar-refractivity contribution is 0.0512. The SMILES string of the molecule is CCCCCCBr.CCCCCCOc1ccc(C2(c3ccc(C)c(C(C)=O)c3)c3cc(Br)ccc3-c3ccc(Br)cc32)cc1C(=O)OCC.CCOC(=O)c1cc(C2(c3ccc(O)c(C(C)=O)c3)c3cc(Br)ccc3-c3ccc(Br)cc32)ccc1O.CCOC(=O)c1ccccc1O.O=C1c2cc(Br)ccc2-c2ccc(Br)cc21. The fraction of sp³-hybridized carbons (Fsp3) is 0.242. The van der Waals surface area contributed by atoms with Crippen LogP contribution in [0.5, 0.6) is 23.0 Å². The van der Waals surface area contributed by atoms with Crippen molar-refractivity contribution >= 4 is 147 Å². The predicted molar refractivity (Wildman–Crippen MR) is 481 cm³/mol. The van der Waals surface area contributed by atoms with Crippen molar-refractivity contribution in [3.05, 3.63) is 322 Å². The van der Waals surface area contributed by atoms with E-state index >= 15 is 0 Å². The van der Waals surface area contributed by atoms with Crippen LogP contribution >= 0.6 is 112 Å². The highest BCUT2D eigenvalue weighted by Gasteiger charge is 2.49. The number of hydrogen-bond donors (Lipinski definition) is 3. The van der Waals surface area contributed by atoms with Crippen molar-refractivity contribution in [1.29, 1.82) is 0 Å². The van der Waals surface area contributed by atoms with Gasteiger partial charge in [-0.25, -0.2) is 14.4 Å². The molecule has 11 aromatic carbocycles. The molecule has 3 N–H and O–H groups in total. The molecule has 594 valence electrons. The first kappa shape index (κ1) is 88.8. The third-order valence-electron chi connectivity index (χ3n) is 20.2. The first-order valence-corrected chi connectivity index (χ1v) is 43.9. The maximum atomic E-state index is 13.4. The summed E-state index contributed by atoms with van der Waals surface area (Å²) >= 11 is 24.9. The maximum absolute atomic E-state index is 13.4. The summed E-state index contributed by atoms with van der Waals surface area (Å²) in [5.41, 5.74) is 15.7. The van der Waals surface area contributed by atoms with Gasteiger partial charge in [0.2, 0.25) is 0 Å². The third kappa shape index (κ3) is 19.5. The molecule has 0 saturated heterocycles. The van der Waals surface area contributed by atoms with Crippen molar-refractivity contribution in [3.63, 3.8) is 0 Å². The molecule has 0 unspecified atom stereocenters. The second-order valence-electron chi connectivity index (χ2n) is 27.6. The van der Waals surface area contributed by atoms with Crippen LogP contribution in [-0.2, 0) is 25.0 Å². The molecule has 0 aliphatic heterocycles.